The van der Waals surface area contributed by atoms with E-state index >= 15 is 0 Å². The molecule has 2 aliphatic carbocycles. The van der Waals surface area contributed by atoms with Gasteiger partial charge in [-0.1, -0.05) is 37.8 Å². The van der Waals surface area contributed by atoms with Gasteiger partial charge in [-0.05, 0) is 48.3 Å². The zero-order chi connectivity index (χ0) is 31.7. The molecular weight excluding hydrogens is 582 g/mol. The van der Waals surface area contributed by atoms with Crippen LogP contribution in [0.5, 0.6) is 0 Å². The molecule has 4 rings (SSSR count). The first-order valence-electron chi connectivity index (χ1n) is 16.2. The maximum Gasteiger partial charge on any atom is 0.407 e. The lowest BCUT2D eigenvalue weighted by atomic mass is 10.0. The summed E-state index contributed by atoms with van der Waals surface area (Å²) in [5.74, 6) is 1.18. The lowest BCUT2D eigenvalue weighted by Crippen LogP contribution is -2.30. The Bertz CT molecular complexity index is 1090. The van der Waals surface area contributed by atoms with Crippen LogP contribution in [0, 0.1) is 17.8 Å². The van der Waals surface area contributed by atoms with Crippen LogP contribution in [0.25, 0.3) is 0 Å². The molecule has 0 aromatic heterocycles. The van der Waals surface area contributed by atoms with Gasteiger partial charge in [0.1, 0.15) is 0 Å². The number of benzene rings is 1. The van der Waals surface area contributed by atoms with Crippen molar-refractivity contribution in [2.24, 2.45) is 17.8 Å². The smallest absolute Gasteiger partial charge is 0.407 e. The summed E-state index contributed by atoms with van der Waals surface area (Å²) in [6, 6.07) is 6.74. The van der Waals surface area contributed by atoms with Gasteiger partial charge < -0.3 is 34.3 Å². The molecule has 1 aliphatic heterocycles. The Balaban J connectivity index is 0.869. The lowest BCUT2D eigenvalue weighted by molar-refractivity contribution is -0.121. The average molecular weight is 630 g/mol. The maximum absolute atomic E-state index is 12.2. The molecule has 0 radical (unpaired) electrons. The van der Waals surface area contributed by atoms with E-state index in [4.69, 9.17) is 23.7 Å². The Kier molecular flexibility index (Phi) is 14.8. The first-order chi connectivity index (χ1) is 22.0. The Hall–Kier alpha value is -3.32. The summed E-state index contributed by atoms with van der Waals surface area (Å²) >= 11 is 0. The SMILES string of the molecule is O=C(Cc1ccc(N2C(=O)C=CC2=O)cc1)NCCOCCOCCOCCOCCNC(=O)OC[C@@H]1[C@@H]2CCCCCC[C@@H]21. The highest BCUT2D eigenvalue weighted by Crippen LogP contribution is 2.53. The standard InChI is InChI=1S/C33H47N3O9/c37-30(23-25-7-9-26(10-8-25)36-31(38)11-12-32(36)39)34-13-15-41-17-19-43-21-22-44-20-18-42-16-14-35-33(40)45-24-29-27-5-3-1-2-4-6-28(27)29/h7-12,27-29H,1-6,13-24H2,(H,34,37)(H,35,40)/t27-,28+,29-. The quantitative estimate of drug-likeness (QED) is 0.165. The monoisotopic (exact) mass is 629 g/mol. The van der Waals surface area contributed by atoms with Crippen molar-refractivity contribution in [2.45, 2.75) is 44.9 Å². The first-order valence-corrected chi connectivity index (χ1v) is 16.2. The van der Waals surface area contributed by atoms with Crippen molar-refractivity contribution in [2.75, 3.05) is 77.5 Å². The van der Waals surface area contributed by atoms with Crippen LogP contribution in [0.15, 0.2) is 36.4 Å². The molecule has 3 atom stereocenters. The first kappa shape index (κ1) is 34.6. The minimum atomic E-state index is -0.377. The summed E-state index contributed by atoms with van der Waals surface area (Å²) in [7, 11) is 0. The second kappa shape index (κ2) is 19.3. The number of amides is 4. The molecule has 12 heteroatoms. The molecule has 1 aromatic rings. The van der Waals surface area contributed by atoms with Crippen LogP contribution in [0.1, 0.15) is 44.1 Å². The van der Waals surface area contributed by atoms with Crippen LogP contribution < -0.4 is 15.5 Å². The van der Waals surface area contributed by atoms with Crippen molar-refractivity contribution in [3.05, 3.63) is 42.0 Å². The number of carbonyl (C=O) groups is 4. The highest BCUT2D eigenvalue weighted by molar-refractivity contribution is 6.28. The summed E-state index contributed by atoms with van der Waals surface area (Å²) in [5, 5.41) is 5.54. The van der Waals surface area contributed by atoms with Crippen molar-refractivity contribution >= 4 is 29.5 Å². The summed E-state index contributed by atoms with van der Waals surface area (Å²) in [6.45, 7) is 4.65. The van der Waals surface area contributed by atoms with Gasteiger partial charge in [0.2, 0.25) is 5.91 Å². The molecule has 248 valence electrons. The van der Waals surface area contributed by atoms with E-state index in [0.717, 1.165) is 22.3 Å². The number of carbonyl (C=O) groups excluding carboxylic acids is 4. The highest BCUT2D eigenvalue weighted by Gasteiger charge is 2.49. The van der Waals surface area contributed by atoms with Crippen LogP contribution >= 0.6 is 0 Å². The second-order valence-corrected chi connectivity index (χ2v) is 11.5. The van der Waals surface area contributed by atoms with E-state index in [1.807, 2.05) is 0 Å². The molecule has 12 nitrogen and oxygen atoms in total. The van der Waals surface area contributed by atoms with Gasteiger partial charge in [0.15, 0.2) is 0 Å². The van der Waals surface area contributed by atoms with Crippen LogP contribution in [0.4, 0.5) is 10.5 Å². The zero-order valence-corrected chi connectivity index (χ0v) is 26.0. The van der Waals surface area contributed by atoms with Crippen LogP contribution in [-0.4, -0.2) is 96.4 Å². The third kappa shape index (κ3) is 12.2. The molecule has 0 bridgehead atoms. The van der Waals surface area contributed by atoms with Gasteiger partial charge in [-0.3, -0.25) is 14.4 Å². The van der Waals surface area contributed by atoms with E-state index < -0.39 is 0 Å². The summed E-state index contributed by atoms with van der Waals surface area (Å²) in [4.78, 5) is 48.7. The number of nitrogens with one attached hydrogen (secondary N) is 2. The molecule has 3 aliphatic rings. The van der Waals surface area contributed by atoms with Gasteiger partial charge >= 0.3 is 6.09 Å². The molecule has 2 fully saturated rings. The van der Waals surface area contributed by atoms with E-state index in [9.17, 15) is 19.2 Å². The van der Waals surface area contributed by atoms with Crippen molar-refractivity contribution < 1.29 is 42.9 Å². The molecule has 2 N–H and O–H groups in total. The van der Waals surface area contributed by atoms with Crippen LogP contribution in [0.2, 0.25) is 0 Å². The largest absolute Gasteiger partial charge is 0.449 e. The molecule has 45 heavy (non-hydrogen) atoms. The lowest BCUT2D eigenvalue weighted by Gasteiger charge is -2.14. The molecule has 0 saturated heterocycles. The topological polar surface area (TPSA) is 142 Å². The molecule has 1 aromatic carbocycles. The fraction of sp³-hybridized carbons (Fsp3) is 0.636. The number of rotatable bonds is 20. The van der Waals surface area contributed by atoms with E-state index in [2.05, 4.69) is 10.6 Å². The van der Waals surface area contributed by atoms with Crippen molar-refractivity contribution in [1.29, 1.82) is 0 Å². The molecule has 2 saturated carbocycles. The van der Waals surface area contributed by atoms with Crippen molar-refractivity contribution in [3.8, 4) is 0 Å². The summed E-state index contributed by atoms with van der Waals surface area (Å²) in [6.07, 6.45) is 10.2. The van der Waals surface area contributed by atoms with Crippen molar-refractivity contribution in [1.82, 2.24) is 10.6 Å². The highest BCUT2D eigenvalue weighted by atomic mass is 16.6. The normalized spacial score (nSPS) is 20.8. The summed E-state index contributed by atoms with van der Waals surface area (Å²) in [5.41, 5.74) is 1.24. The predicted molar refractivity (Wildman–Crippen MR) is 166 cm³/mol. The third-order valence-electron chi connectivity index (χ3n) is 8.31. The van der Waals surface area contributed by atoms with Crippen LogP contribution in [-0.2, 0) is 44.5 Å². The van der Waals surface area contributed by atoms with Gasteiger partial charge in [-0.2, -0.15) is 0 Å². The number of hydrogen-bond acceptors (Lipinski definition) is 9. The molecule has 1 heterocycles. The second-order valence-electron chi connectivity index (χ2n) is 11.5. The number of ether oxygens (including phenoxy) is 5. The average Bonchev–Trinajstić information content (AvgIpc) is 3.55. The van der Waals surface area contributed by atoms with Crippen LogP contribution in [0.3, 0.4) is 0 Å². The zero-order valence-electron chi connectivity index (χ0n) is 26.0. The summed E-state index contributed by atoms with van der Waals surface area (Å²) < 4.78 is 27.3. The van der Waals surface area contributed by atoms with E-state index in [1.54, 1.807) is 24.3 Å². The molecule has 0 unspecified atom stereocenters. The number of nitrogens with zero attached hydrogens (tertiary/aromatic N) is 1. The van der Waals surface area contributed by atoms with E-state index in [0.29, 0.717) is 84.2 Å². The Morgan fingerprint density at radius 3 is 1.76 bits per heavy atom. The predicted octanol–water partition coefficient (Wildman–Crippen LogP) is 2.78. The van der Waals surface area contributed by atoms with Gasteiger partial charge in [0.25, 0.3) is 11.8 Å². The van der Waals surface area contributed by atoms with Gasteiger partial charge in [-0.15, -0.1) is 0 Å². The molecule has 0 spiro atoms. The van der Waals surface area contributed by atoms with Gasteiger partial charge in [0.05, 0.1) is 71.6 Å². The number of imide groups is 1. The number of fused-ring (bicyclic) bond motifs is 1. The minimum Gasteiger partial charge on any atom is -0.449 e. The Morgan fingerprint density at radius 1 is 0.689 bits per heavy atom. The van der Waals surface area contributed by atoms with Crippen molar-refractivity contribution in [3.63, 3.8) is 0 Å². The maximum atomic E-state index is 12.2. The van der Waals surface area contributed by atoms with E-state index in [1.165, 1.54) is 50.7 Å². The van der Waals surface area contributed by atoms with Gasteiger partial charge in [0, 0.05) is 25.2 Å². The third-order valence-corrected chi connectivity index (χ3v) is 8.31. The Morgan fingerprint density at radius 2 is 1.20 bits per heavy atom. The number of anilines is 1. The minimum absolute atomic E-state index is 0.149. The molecular formula is C33H47N3O9. The number of alkyl carbamates (subject to hydrolysis) is 1. The van der Waals surface area contributed by atoms with E-state index in [-0.39, 0.29) is 30.2 Å². The number of hydrogen-bond donors (Lipinski definition) is 2. The fourth-order valence-corrected chi connectivity index (χ4v) is 5.88. The Labute approximate surface area is 265 Å². The fourth-order valence-electron chi connectivity index (χ4n) is 5.88. The van der Waals surface area contributed by atoms with Gasteiger partial charge in [-0.25, -0.2) is 9.69 Å². The molecule has 4 amide bonds.